The van der Waals surface area contributed by atoms with Gasteiger partial charge in [-0.2, -0.15) is 5.10 Å². The van der Waals surface area contributed by atoms with Crippen LogP contribution in [0.2, 0.25) is 0 Å². The molecule has 1 N–H and O–H groups in total. The first-order valence-corrected chi connectivity index (χ1v) is 5.24. The topological polar surface area (TPSA) is 45.8 Å². The fourth-order valence-electron chi connectivity index (χ4n) is 1.28. The standard InChI is InChI=1S/C10H10N2OS/c1-2-8-3-4-9(14-8)10-7(6-13)5-11-12-10/h3-6H,2H2,1H3,(H,11,12). The summed E-state index contributed by atoms with van der Waals surface area (Å²) < 4.78 is 0. The van der Waals surface area contributed by atoms with Crippen molar-refractivity contribution in [1.82, 2.24) is 10.2 Å². The van der Waals surface area contributed by atoms with Crippen molar-refractivity contribution in [2.45, 2.75) is 13.3 Å². The number of aromatic amines is 1. The summed E-state index contributed by atoms with van der Waals surface area (Å²) in [6, 6.07) is 4.10. The average Bonchev–Trinajstić information content (AvgIpc) is 2.85. The number of carbonyl (C=O) groups excluding carboxylic acids is 1. The number of hydrogen-bond acceptors (Lipinski definition) is 3. The molecule has 72 valence electrons. The van der Waals surface area contributed by atoms with Crippen LogP contribution in [0.3, 0.4) is 0 Å². The highest BCUT2D eigenvalue weighted by Gasteiger charge is 2.08. The number of aryl methyl sites for hydroxylation is 1. The van der Waals surface area contributed by atoms with Crippen LogP contribution in [0.5, 0.6) is 0 Å². The Labute approximate surface area is 85.8 Å². The van der Waals surface area contributed by atoms with Crippen LogP contribution in [-0.4, -0.2) is 16.5 Å². The van der Waals surface area contributed by atoms with Gasteiger partial charge >= 0.3 is 0 Å². The van der Waals surface area contributed by atoms with Gasteiger partial charge in [-0.3, -0.25) is 9.89 Å². The molecular weight excluding hydrogens is 196 g/mol. The Bertz CT molecular complexity index is 444. The Hall–Kier alpha value is -1.42. The van der Waals surface area contributed by atoms with Crippen molar-refractivity contribution >= 4 is 17.6 Å². The van der Waals surface area contributed by atoms with E-state index in [0.29, 0.717) is 5.56 Å². The van der Waals surface area contributed by atoms with E-state index in [-0.39, 0.29) is 0 Å². The van der Waals surface area contributed by atoms with Gasteiger partial charge in [0.25, 0.3) is 0 Å². The SMILES string of the molecule is CCc1ccc(-c2[nH]ncc2C=O)s1. The molecule has 0 amide bonds. The maximum atomic E-state index is 10.7. The lowest BCUT2D eigenvalue weighted by Crippen LogP contribution is -1.79. The molecule has 0 saturated carbocycles. The maximum Gasteiger partial charge on any atom is 0.153 e. The molecule has 14 heavy (non-hydrogen) atoms. The lowest BCUT2D eigenvalue weighted by Gasteiger charge is -1.91. The first-order valence-electron chi connectivity index (χ1n) is 4.42. The van der Waals surface area contributed by atoms with Gasteiger partial charge in [-0.15, -0.1) is 11.3 Å². The van der Waals surface area contributed by atoms with Crippen LogP contribution in [0.4, 0.5) is 0 Å². The number of nitrogens with one attached hydrogen (secondary N) is 1. The Balaban J connectivity index is 2.43. The molecule has 2 rings (SSSR count). The molecule has 0 fully saturated rings. The van der Waals surface area contributed by atoms with Crippen molar-refractivity contribution in [2.24, 2.45) is 0 Å². The van der Waals surface area contributed by atoms with Crippen LogP contribution >= 0.6 is 11.3 Å². The Morgan fingerprint density at radius 3 is 3.07 bits per heavy atom. The lowest BCUT2D eigenvalue weighted by atomic mass is 10.2. The van der Waals surface area contributed by atoms with Crippen LogP contribution in [0.1, 0.15) is 22.2 Å². The van der Waals surface area contributed by atoms with Gasteiger partial charge in [-0.1, -0.05) is 6.92 Å². The number of hydrogen-bond donors (Lipinski definition) is 1. The normalized spacial score (nSPS) is 10.4. The minimum absolute atomic E-state index is 0.620. The van der Waals surface area contributed by atoms with Crippen LogP contribution in [0, 0.1) is 0 Å². The largest absolute Gasteiger partial charge is 0.298 e. The number of carbonyl (C=O) groups is 1. The Morgan fingerprint density at radius 2 is 2.43 bits per heavy atom. The molecule has 2 heterocycles. The van der Waals surface area contributed by atoms with Gasteiger partial charge in [-0.25, -0.2) is 0 Å². The van der Waals surface area contributed by atoms with Gasteiger partial charge < -0.3 is 0 Å². The van der Waals surface area contributed by atoms with Crippen LogP contribution in [0.25, 0.3) is 10.6 Å². The van der Waals surface area contributed by atoms with Gasteiger partial charge in [-0.05, 0) is 18.6 Å². The summed E-state index contributed by atoms with van der Waals surface area (Å²) in [5.41, 5.74) is 1.44. The summed E-state index contributed by atoms with van der Waals surface area (Å²) in [5.74, 6) is 0. The molecule has 0 aliphatic carbocycles. The second-order valence-corrected chi connectivity index (χ2v) is 4.11. The Morgan fingerprint density at radius 1 is 1.57 bits per heavy atom. The first-order chi connectivity index (χ1) is 6.85. The number of rotatable bonds is 3. The molecule has 0 atom stereocenters. The predicted molar refractivity (Wildman–Crippen MR) is 56.7 cm³/mol. The van der Waals surface area contributed by atoms with Crippen LogP contribution in [0.15, 0.2) is 18.3 Å². The van der Waals surface area contributed by atoms with Gasteiger partial charge in [0.05, 0.1) is 22.3 Å². The highest BCUT2D eigenvalue weighted by atomic mass is 32.1. The van der Waals surface area contributed by atoms with E-state index in [1.165, 1.54) is 4.88 Å². The molecule has 0 aromatic carbocycles. The fourth-order valence-corrected chi connectivity index (χ4v) is 2.25. The number of aromatic nitrogens is 2. The van der Waals surface area contributed by atoms with E-state index in [1.54, 1.807) is 17.5 Å². The van der Waals surface area contributed by atoms with Crippen molar-refractivity contribution in [1.29, 1.82) is 0 Å². The highest BCUT2D eigenvalue weighted by Crippen LogP contribution is 2.28. The van der Waals surface area contributed by atoms with E-state index in [4.69, 9.17) is 0 Å². The summed E-state index contributed by atoms with van der Waals surface area (Å²) in [6.45, 7) is 2.11. The summed E-state index contributed by atoms with van der Waals surface area (Å²) >= 11 is 1.69. The summed E-state index contributed by atoms with van der Waals surface area (Å²) in [5, 5.41) is 6.69. The van der Waals surface area contributed by atoms with Crippen LogP contribution < -0.4 is 0 Å². The first kappa shape index (κ1) is 9.15. The zero-order valence-electron chi connectivity index (χ0n) is 7.78. The third kappa shape index (κ3) is 1.48. The van der Waals surface area contributed by atoms with Gasteiger partial charge in [0, 0.05) is 4.88 Å². The van der Waals surface area contributed by atoms with Gasteiger partial charge in [0.1, 0.15) is 0 Å². The molecular formula is C10H10N2OS. The van der Waals surface area contributed by atoms with Crippen molar-refractivity contribution in [3.63, 3.8) is 0 Å². The molecule has 0 saturated heterocycles. The average molecular weight is 206 g/mol. The summed E-state index contributed by atoms with van der Waals surface area (Å²) in [4.78, 5) is 13.1. The third-order valence-electron chi connectivity index (χ3n) is 2.05. The third-order valence-corrected chi connectivity index (χ3v) is 3.30. The number of aldehydes is 1. The Kier molecular flexibility index (Phi) is 2.45. The zero-order chi connectivity index (χ0) is 9.97. The van der Waals surface area contributed by atoms with Gasteiger partial charge in [0.15, 0.2) is 6.29 Å². The molecule has 0 radical (unpaired) electrons. The molecule has 4 heteroatoms. The van der Waals surface area contributed by atoms with E-state index in [9.17, 15) is 4.79 Å². The van der Waals surface area contributed by atoms with E-state index in [2.05, 4.69) is 23.2 Å². The minimum Gasteiger partial charge on any atom is -0.298 e. The number of thiophene rings is 1. The van der Waals surface area contributed by atoms with Crippen LogP contribution in [-0.2, 0) is 6.42 Å². The highest BCUT2D eigenvalue weighted by molar-refractivity contribution is 7.15. The molecule has 3 nitrogen and oxygen atoms in total. The summed E-state index contributed by atoms with van der Waals surface area (Å²) in [6.07, 6.45) is 3.40. The smallest absolute Gasteiger partial charge is 0.153 e. The van der Waals surface area contributed by atoms with Crippen molar-refractivity contribution < 1.29 is 4.79 Å². The van der Waals surface area contributed by atoms with Crippen molar-refractivity contribution in [3.8, 4) is 10.6 Å². The summed E-state index contributed by atoms with van der Waals surface area (Å²) in [7, 11) is 0. The van der Waals surface area contributed by atoms with E-state index < -0.39 is 0 Å². The van der Waals surface area contributed by atoms with E-state index in [0.717, 1.165) is 23.3 Å². The van der Waals surface area contributed by atoms with Gasteiger partial charge in [0.2, 0.25) is 0 Å². The van der Waals surface area contributed by atoms with E-state index in [1.807, 2.05) is 6.07 Å². The number of nitrogens with zero attached hydrogens (tertiary/aromatic N) is 1. The van der Waals surface area contributed by atoms with E-state index >= 15 is 0 Å². The maximum absolute atomic E-state index is 10.7. The van der Waals surface area contributed by atoms with Crippen molar-refractivity contribution in [2.75, 3.05) is 0 Å². The monoisotopic (exact) mass is 206 g/mol. The second-order valence-electron chi connectivity index (χ2n) is 2.94. The predicted octanol–water partition coefficient (Wildman–Crippen LogP) is 2.51. The quantitative estimate of drug-likeness (QED) is 0.784. The molecule has 0 bridgehead atoms. The molecule has 0 aliphatic heterocycles. The zero-order valence-corrected chi connectivity index (χ0v) is 8.60. The minimum atomic E-state index is 0.620. The lowest BCUT2D eigenvalue weighted by molar-refractivity contribution is 0.112. The molecule has 0 unspecified atom stereocenters. The molecule has 0 spiro atoms. The number of H-pyrrole nitrogens is 1. The molecule has 2 aromatic rings. The second kappa shape index (κ2) is 3.75. The fraction of sp³-hybridized carbons (Fsp3) is 0.200. The molecule has 2 aromatic heterocycles. The van der Waals surface area contributed by atoms with Crippen molar-refractivity contribution in [3.05, 3.63) is 28.8 Å². The molecule has 0 aliphatic rings.